The first-order valence-corrected chi connectivity index (χ1v) is 31.0. The van der Waals surface area contributed by atoms with Gasteiger partial charge in [-0.2, -0.15) is 13.2 Å². The summed E-state index contributed by atoms with van der Waals surface area (Å²) < 4.78 is 72.2. The largest absolute Gasteiger partial charge is 0.506 e. The summed E-state index contributed by atoms with van der Waals surface area (Å²) in [6.07, 6.45) is -5.18. The fourth-order valence-electron chi connectivity index (χ4n) is 12.8. The fraction of sp³-hybridized carbons (Fsp3) is 0.128. The predicted molar refractivity (Wildman–Crippen MR) is 355 cm³/mol. The van der Waals surface area contributed by atoms with Gasteiger partial charge in [-0.05, 0) is 186 Å². The average Bonchev–Trinajstić information content (AvgIpc) is 1.72. The van der Waals surface area contributed by atoms with Gasteiger partial charge in [-0.25, -0.2) is 9.80 Å². The highest BCUT2D eigenvalue weighted by Gasteiger charge is 2.55. The van der Waals surface area contributed by atoms with Crippen LogP contribution in [0, 0.1) is 0 Å². The van der Waals surface area contributed by atoms with Crippen LogP contribution in [0.4, 0.5) is 24.5 Å². The molecule has 4 aliphatic heterocycles. The molecule has 0 aromatic heterocycles. The van der Waals surface area contributed by atoms with Crippen molar-refractivity contribution in [1.82, 2.24) is 10.2 Å². The molecule has 14 rings (SSSR count). The second kappa shape index (κ2) is 23.3. The van der Waals surface area contributed by atoms with Crippen molar-refractivity contribution in [2.24, 2.45) is 0 Å². The molecular formula is C78H55F3N4O14. The number of benzene rings is 10. The van der Waals surface area contributed by atoms with Gasteiger partial charge in [0.2, 0.25) is 0 Å². The van der Waals surface area contributed by atoms with Gasteiger partial charge in [0.05, 0.1) is 55.9 Å². The number of rotatable bonds is 16. The van der Waals surface area contributed by atoms with E-state index in [1.807, 2.05) is 76.2 Å². The van der Waals surface area contributed by atoms with Crippen molar-refractivity contribution < 1.29 is 80.7 Å². The van der Waals surface area contributed by atoms with Crippen molar-refractivity contribution in [2.45, 2.75) is 57.0 Å². The summed E-state index contributed by atoms with van der Waals surface area (Å²) in [6, 6.07) is 52.3. The van der Waals surface area contributed by atoms with Gasteiger partial charge in [0.15, 0.2) is 0 Å². The topological polar surface area (TPSA) is 236 Å². The van der Waals surface area contributed by atoms with E-state index < -0.39 is 97.8 Å². The summed E-state index contributed by atoms with van der Waals surface area (Å²) in [7, 11) is 1.42. The highest BCUT2D eigenvalue weighted by molar-refractivity contribution is 6.36. The Labute approximate surface area is 562 Å². The number of phenols is 2. The van der Waals surface area contributed by atoms with Crippen LogP contribution in [-0.2, 0) is 16.2 Å². The van der Waals surface area contributed by atoms with Crippen LogP contribution in [0.15, 0.2) is 206 Å². The van der Waals surface area contributed by atoms with Crippen LogP contribution in [-0.4, -0.2) is 75.6 Å². The maximum Gasteiger partial charge on any atom is 0.402 e. The number of imide groups is 4. The minimum atomic E-state index is -5.18. The summed E-state index contributed by atoms with van der Waals surface area (Å²) in [5.74, 6) is -4.12. The Balaban J connectivity index is 0.645. The van der Waals surface area contributed by atoms with Gasteiger partial charge in [-0.15, -0.1) is 0 Å². The zero-order chi connectivity index (χ0) is 69.9. The zero-order valence-electron chi connectivity index (χ0n) is 53.4. The maximum absolute atomic E-state index is 16.0. The van der Waals surface area contributed by atoms with E-state index >= 15 is 13.2 Å². The van der Waals surface area contributed by atoms with Gasteiger partial charge in [0.1, 0.15) is 62.9 Å². The van der Waals surface area contributed by atoms with E-state index in [0.29, 0.717) is 49.9 Å². The van der Waals surface area contributed by atoms with E-state index in [9.17, 15) is 48.6 Å². The van der Waals surface area contributed by atoms with Gasteiger partial charge in [0.25, 0.3) is 47.3 Å². The Morgan fingerprint density at radius 3 is 0.919 bits per heavy atom. The summed E-state index contributed by atoms with van der Waals surface area (Å²) in [5.41, 5.74) is -2.14. The quantitative estimate of drug-likeness (QED) is 0.0763. The molecule has 1 atom stereocenters. The monoisotopic (exact) mass is 1330 g/mol. The Kier molecular flexibility index (Phi) is 15.0. The molecule has 10 aromatic rings. The summed E-state index contributed by atoms with van der Waals surface area (Å²) in [5, 5.41) is 24.8. The first-order chi connectivity index (χ1) is 47.1. The Morgan fingerprint density at radius 2 is 0.576 bits per heavy atom. The molecule has 4 heterocycles. The number of phenolic OH excluding ortho intramolecular Hbond substituents is 2. The molecule has 18 nitrogen and oxygen atoms in total. The Morgan fingerprint density at radius 1 is 0.313 bits per heavy atom. The number of hydrogen-bond donors (Lipinski definition) is 3. The van der Waals surface area contributed by atoms with Crippen LogP contribution in [0.5, 0.6) is 57.5 Å². The number of carbonyl (C=O) groups excluding carboxylic acids is 8. The predicted octanol–water partition coefficient (Wildman–Crippen LogP) is 15.5. The van der Waals surface area contributed by atoms with E-state index in [2.05, 4.69) is 5.32 Å². The number of hydrogen-bond acceptors (Lipinski definition) is 14. The number of nitrogens with zero attached hydrogens (tertiary/aromatic N) is 3. The number of nitrogens with one attached hydrogen (secondary N) is 1. The number of ether oxygens (including phenoxy) is 4. The van der Waals surface area contributed by atoms with Crippen molar-refractivity contribution in [3.05, 3.63) is 284 Å². The first kappa shape index (κ1) is 63.7. The van der Waals surface area contributed by atoms with E-state index in [4.69, 9.17) is 18.9 Å². The summed E-state index contributed by atoms with van der Waals surface area (Å²) in [4.78, 5) is 108. The third kappa shape index (κ3) is 10.8. The highest BCUT2D eigenvalue weighted by Crippen LogP contribution is 2.51. The lowest BCUT2D eigenvalue weighted by molar-refractivity contribution is -0.173. The summed E-state index contributed by atoms with van der Waals surface area (Å²) >= 11 is 0. The molecule has 8 amide bonds. The second-order valence-electron chi connectivity index (χ2n) is 25.5. The van der Waals surface area contributed by atoms with Crippen LogP contribution in [0.25, 0.3) is 0 Å². The zero-order valence-corrected chi connectivity index (χ0v) is 53.4. The molecule has 3 N–H and O–H groups in total. The molecule has 0 spiro atoms. The van der Waals surface area contributed by atoms with Crippen LogP contribution in [0.1, 0.15) is 151 Å². The third-order valence-corrected chi connectivity index (χ3v) is 18.9. The number of halogens is 3. The third-order valence-electron chi connectivity index (χ3n) is 18.9. The molecule has 492 valence electrons. The van der Waals surface area contributed by atoms with Crippen molar-refractivity contribution in [2.75, 3.05) is 16.8 Å². The first-order valence-electron chi connectivity index (χ1n) is 31.0. The molecule has 0 radical (unpaired) electrons. The van der Waals surface area contributed by atoms with Crippen LogP contribution in [0.2, 0.25) is 0 Å². The molecule has 0 saturated heterocycles. The molecule has 0 fully saturated rings. The molecule has 4 aliphatic rings. The van der Waals surface area contributed by atoms with Crippen molar-refractivity contribution in [3.8, 4) is 57.5 Å². The molecule has 1 unspecified atom stereocenters. The highest BCUT2D eigenvalue weighted by atomic mass is 19.4. The van der Waals surface area contributed by atoms with Crippen LogP contribution < -0.4 is 34.1 Å². The fourth-order valence-corrected chi connectivity index (χ4v) is 12.8. The van der Waals surface area contributed by atoms with Gasteiger partial charge in [-0.3, -0.25) is 48.6 Å². The molecule has 21 heteroatoms. The van der Waals surface area contributed by atoms with E-state index in [-0.39, 0.29) is 56.4 Å². The van der Waals surface area contributed by atoms with Crippen molar-refractivity contribution >= 4 is 58.6 Å². The molecule has 0 saturated carbocycles. The SMILES string of the molecule is CN1C(=O)c2ccc(Oc3ccc(C(C)(C)c4ccc(Oc5ccc6c(c5)C(=O)N(c5cc(C(C)(c7ccc(O)c(N8C(=O)c9ccc(Oc%10ccc(C(C)(C)c%11ccc(Oc%12ccc%13c(c%12)C(=O)NC%13=O)cc%11)cc%10)cc9C8=O)c7)C(F)(F)F)ccc5O)C6=O)cc4)cc3)cc2C1=O. The number of amides is 8. The normalized spacial score (nSPS) is 14.9. The van der Waals surface area contributed by atoms with Gasteiger partial charge < -0.3 is 29.2 Å². The van der Waals surface area contributed by atoms with E-state index in [1.165, 1.54) is 55.6 Å². The van der Waals surface area contributed by atoms with Crippen LogP contribution >= 0.6 is 0 Å². The molecule has 0 bridgehead atoms. The standard InChI is InChI=1S/C78H55F3N4O14/c1-75(2,41-7-17-47(18-8-41)96-51-25-29-55-59(37-51)68(89)82-67(55)88)43-11-21-49(22-12-43)98-53-27-31-57-61(39-53)73(94)84(71(57)92)63-35-45(15-33-65(63)86)77(5,78(79,80)81)46-16-34-66(87)64(36-46)85-72(93)58-32-28-54(40-62(58)74(85)95)99-50-23-13-44(14-24-50)76(3,4)42-9-19-48(20-10-42)97-52-26-30-56-60(38-52)70(91)83(6)69(56)90/h7-40,86-87H,1-6H3,(H,82,88,89). The number of carbonyl (C=O) groups is 8. The van der Waals surface area contributed by atoms with Gasteiger partial charge >= 0.3 is 6.18 Å². The van der Waals surface area contributed by atoms with E-state index in [1.54, 1.807) is 72.8 Å². The minimum absolute atomic E-state index is 0.116. The lowest BCUT2D eigenvalue weighted by Gasteiger charge is -2.34. The van der Waals surface area contributed by atoms with Gasteiger partial charge in [0, 0.05) is 17.9 Å². The van der Waals surface area contributed by atoms with Crippen molar-refractivity contribution in [3.63, 3.8) is 0 Å². The van der Waals surface area contributed by atoms with Crippen molar-refractivity contribution in [1.29, 1.82) is 0 Å². The second-order valence-corrected chi connectivity index (χ2v) is 25.5. The molecular weight excluding hydrogens is 1270 g/mol. The van der Waals surface area contributed by atoms with E-state index in [0.717, 1.165) is 70.5 Å². The molecule has 0 aliphatic carbocycles. The number of alkyl halides is 3. The maximum atomic E-state index is 16.0. The smallest absolute Gasteiger partial charge is 0.402 e. The van der Waals surface area contributed by atoms with Gasteiger partial charge in [-0.1, -0.05) is 88.4 Å². The lowest BCUT2D eigenvalue weighted by atomic mass is 9.75. The molecule has 99 heavy (non-hydrogen) atoms. The number of anilines is 2. The molecule has 10 aromatic carbocycles. The number of fused-ring (bicyclic) bond motifs is 4. The average molecular weight is 1330 g/mol. The Bertz CT molecular complexity index is 5170. The van der Waals surface area contributed by atoms with Crippen LogP contribution in [0.3, 0.4) is 0 Å². The summed E-state index contributed by atoms with van der Waals surface area (Å²) in [6.45, 7) is 8.92. The lowest BCUT2D eigenvalue weighted by Crippen LogP contribution is -2.41. The minimum Gasteiger partial charge on any atom is -0.506 e. The Hall–Kier alpha value is -12.7. The number of aromatic hydroxyl groups is 2.